The van der Waals surface area contributed by atoms with Gasteiger partial charge < -0.3 is 10.2 Å². The number of alkyl halides is 1. The van der Waals surface area contributed by atoms with Gasteiger partial charge in [0.25, 0.3) is 0 Å². The molecule has 13 heavy (non-hydrogen) atoms. The third kappa shape index (κ3) is 3.10. The van der Waals surface area contributed by atoms with Gasteiger partial charge in [-0.05, 0) is 12.0 Å². The van der Waals surface area contributed by atoms with Crippen LogP contribution >= 0.6 is 15.9 Å². The van der Waals surface area contributed by atoms with Crippen LogP contribution in [0.15, 0.2) is 30.3 Å². The van der Waals surface area contributed by atoms with Crippen molar-refractivity contribution < 1.29 is 10.2 Å². The Labute approximate surface area is 86.3 Å². The van der Waals surface area contributed by atoms with E-state index in [9.17, 15) is 5.11 Å². The van der Waals surface area contributed by atoms with Gasteiger partial charge in [-0.1, -0.05) is 46.3 Å². The summed E-state index contributed by atoms with van der Waals surface area (Å²) >= 11 is 3.33. The van der Waals surface area contributed by atoms with Crippen LogP contribution in [0.2, 0.25) is 0 Å². The van der Waals surface area contributed by atoms with Crippen LogP contribution in [-0.4, -0.2) is 21.6 Å². The van der Waals surface area contributed by atoms with Gasteiger partial charge in [-0.25, -0.2) is 0 Å². The molecule has 2 nitrogen and oxygen atoms in total. The van der Waals surface area contributed by atoms with E-state index < -0.39 is 6.10 Å². The van der Waals surface area contributed by atoms with Crippen molar-refractivity contribution >= 4 is 15.9 Å². The molecule has 0 bridgehead atoms. The average Bonchev–Trinajstić information content (AvgIpc) is 2.18. The number of aliphatic hydroxyl groups excluding tert-OH is 2. The van der Waals surface area contributed by atoms with E-state index in [4.69, 9.17) is 5.11 Å². The molecule has 0 aliphatic heterocycles. The Morgan fingerprint density at radius 2 is 1.85 bits per heavy atom. The zero-order valence-electron chi connectivity index (χ0n) is 7.23. The Balaban J connectivity index is 2.62. The fourth-order valence-electron chi connectivity index (χ4n) is 1.14. The number of hydrogen-bond acceptors (Lipinski definition) is 2. The van der Waals surface area contributed by atoms with Crippen LogP contribution in [0.25, 0.3) is 0 Å². The van der Waals surface area contributed by atoms with Crippen molar-refractivity contribution in [3.63, 3.8) is 0 Å². The third-order valence-corrected chi connectivity index (χ3v) is 2.85. The number of rotatable bonds is 4. The molecule has 0 saturated carbocycles. The number of benzene rings is 1. The van der Waals surface area contributed by atoms with Gasteiger partial charge >= 0.3 is 0 Å². The first-order valence-corrected chi connectivity index (χ1v) is 5.15. The highest BCUT2D eigenvalue weighted by molar-refractivity contribution is 9.09. The van der Waals surface area contributed by atoms with Gasteiger partial charge in [0.15, 0.2) is 0 Å². The Morgan fingerprint density at radius 1 is 1.23 bits per heavy atom. The van der Waals surface area contributed by atoms with Crippen molar-refractivity contribution in [3.05, 3.63) is 35.9 Å². The molecule has 0 saturated heterocycles. The highest BCUT2D eigenvalue weighted by atomic mass is 79.9. The van der Waals surface area contributed by atoms with Crippen molar-refractivity contribution in [2.75, 3.05) is 6.61 Å². The second-order valence-electron chi connectivity index (χ2n) is 2.88. The molecule has 0 amide bonds. The Hall–Kier alpha value is -0.380. The Morgan fingerprint density at radius 3 is 2.38 bits per heavy atom. The van der Waals surface area contributed by atoms with Crippen LogP contribution in [0, 0.1) is 0 Å². The van der Waals surface area contributed by atoms with E-state index in [1.54, 1.807) is 0 Å². The van der Waals surface area contributed by atoms with E-state index in [-0.39, 0.29) is 11.4 Å². The predicted octanol–water partition coefficient (Wildman–Crippen LogP) is 1.87. The van der Waals surface area contributed by atoms with Crippen LogP contribution in [0.4, 0.5) is 0 Å². The molecule has 1 rings (SSSR count). The van der Waals surface area contributed by atoms with Crippen molar-refractivity contribution in [2.24, 2.45) is 0 Å². The molecule has 0 aliphatic rings. The lowest BCUT2D eigenvalue weighted by Crippen LogP contribution is -2.13. The lowest BCUT2D eigenvalue weighted by atomic mass is 10.1. The van der Waals surface area contributed by atoms with Gasteiger partial charge in [0.05, 0.1) is 6.10 Å². The first-order valence-electron chi connectivity index (χ1n) is 4.23. The molecule has 0 unspecified atom stereocenters. The summed E-state index contributed by atoms with van der Waals surface area (Å²) in [6.45, 7) is 0.0831. The maximum atomic E-state index is 9.76. The standard InChI is InChI=1S/C10H13BrO2/c11-9(6-7-12)10(13)8-4-2-1-3-5-8/h1-5,9-10,12-13H,6-7H2/t9-,10+/m0/s1. The van der Waals surface area contributed by atoms with E-state index >= 15 is 0 Å². The first-order chi connectivity index (χ1) is 6.25. The molecular weight excluding hydrogens is 232 g/mol. The van der Waals surface area contributed by atoms with Crippen molar-refractivity contribution in [1.29, 1.82) is 0 Å². The molecular formula is C10H13BrO2. The number of halogens is 1. The summed E-state index contributed by atoms with van der Waals surface area (Å²) in [7, 11) is 0. The third-order valence-electron chi connectivity index (χ3n) is 1.89. The van der Waals surface area contributed by atoms with E-state index in [0.29, 0.717) is 6.42 Å². The van der Waals surface area contributed by atoms with Gasteiger partial charge in [-0.2, -0.15) is 0 Å². The zero-order valence-corrected chi connectivity index (χ0v) is 8.81. The van der Waals surface area contributed by atoms with Gasteiger partial charge in [0.1, 0.15) is 0 Å². The number of aliphatic hydroxyl groups is 2. The van der Waals surface area contributed by atoms with Crippen LogP contribution in [0.3, 0.4) is 0 Å². The molecule has 2 atom stereocenters. The summed E-state index contributed by atoms with van der Waals surface area (Å²) in [6.07, 6.45) is 0.00382. The Kier molecular flexibility index (Phi) is 4.42. The smallest absolute Gasteiger partial charge is 0.0915 e. The molecule has 72 valence electrons. The summed E-state index contributed by atoms with van der Waals surface area (Å²) in [4.78, 5) is -0.0834. The second kappa shape index (κ2) is 5.37. The summed E-state index contributed by atoms with van der Waals surface area (Å²) in [5, 5.41) is 18.5. The topological polar surface area (TPSA) is 40.5 Å². The molecule has 0 aliphatic carbocycles. The minimum atomic E-state index is -0.548. The average molecular weight is 245 g/mol. The predicted molar refractivity (Wildman–Crippen MR) is 55.8 cm³/mol. The van der Waals surface area contributed by atoms with Gasteiger partial charge in [0.2, 0.25) is 0 Å². The molecule has 0 fully saturated rings. The van der Waals surface area contributed by atoms with Gasteiger partial charge in [-0.15, -0.1) is 0 Å². The molecule has 0 spiro atoms. The summed E-state index contributed by atoms with van der Waals surface area (Å²) in [6, 6.07) is 9.42. The second-order valence-corrected chi connectivity index (χ2v) is 4.06. The van der Waals surface area contributed by atoms with Crippen LogP contribution in [-0.2, 0) is 0 Å². The van der Waals surface area contributed by atoms with Gasteiger partial charge in [-0.3, -0.25) is 0 Å². The minimum absolute atomic E-state index is 0.0831. The SMILES string of the molecule is OCC[C@H](Br)[C@H](O)c1ccccc1. The van der Waals surface area contributed by atoms with E-state index in [1.807, 2.05) is 30.3 Å². The molecule has 1 aromatic rings. The summed E-state index contributed by atoms with van der Waals surface area (Å²) in [5.41, 5.74) is 0.873. The van der Waals surface area contributed by atoms with Crippen molar-refractivity contribution in [1.82, 2.24) is 0 Å². The van der Waals surface area contributed by atoms with Crippen molar-refractivity contribution in [2.45, 2.75) is 17.4 Å². The number of hydrogen-bond donors (Lipinski definition) is 2. The van der Waals surface area contributed by atoms with E-state index in [2.05, 4.69) is 15.9 Å². The molecule has 0 radical (unpaired) electrons. The Bertz CT molecular complexity index is 238. The molecule has 0 aromatic heterocycles. The van der Waals surface area contributed by atoms with Crippen LogP contribution in [0.1, 0.15) is 18.1 Å². The molecule has 3 heteroatoms. The maximum absolute atomic E-state index is 9.76. The monoisotopic (exact) mass is 244 g/mol. The summed E-state index contributed by atoms with van der Waals surface area (Å²) in [5.74, 6) is 0. The van der Waals surface area contributed by atoms with E-state index in [0.717, 1.165) is 5.56 Å². The van der Waals surface area contributed by atoms with Crippen molar-refractivity contribution in [3.8, 4) is 0 Å². The van der Waals surface area contributed by atoms with E-state index in [1.165, 1.54) is 0 Å². The maximum Gasteiger partial charge on any atom is 0.0915 e. The summed E-state index contributed by atoms with van der Waals surface area (Å²) < 4.78 is 0. The molecule has 1 aromatic carbocycles. The van der Waals surface area contributed by atoms with Crippen LogP contribution < -0.4 is 0 Å². The highest BCUT2D eigenvalue weighted by Crippen LogP contribution is 2.24. The zero-order chi connectivity index (χ0) is 9.68. The molecule has 0 heterocycles. The molecule has 2 N–H and O–H groups in total. The lowest BCUT2D eigenvalue weighted by Gasteiger charge is -2.16. The fraction of sp³-hybridized carbons (Fsp3) is 0.400. The quantitative estimate of drug-likeness (QED) is 0.795. The minimum Gasteiger partial charge on any atom is -0.396 e. The van der Waals surface area contributed by atoms with Crippen LogP contribution in [0.5, 0.6) is 0 Å². The lowest BCUT2D eigenvalue weighted by molar-refractivity contribution is 0.161. The normalized spacial score (nSPS) is 15.3. The van der Waals surface area contributed by atoms with Gasteiger partial charge in [0, 0.05) is 11.4 Å². The first kappa shape index (κ1) is 10.7. The largest absolute Gasteiger partial charge is 0.396 e. The fourth-order valence-corrected chi connectivity index (χ4v) is 1.65. The highest BCUT2D eigenvalue weighted by Gasteiger charge is 2.16.